The minimum absolute atomic E-state index is 0.0956. The molecule has 7 nitrogen and oxygen atoms in total. The van der Waals surface area contributed by atoms with Gasteiger partial charge < -0.3 is 15.2 Å². The standard InChI is InChI=1S/C27H23F2N5O2S/c1-17-24(37-25(33-17)18-7-3-2-4-8-18)26(36)34-12-11-27(28,29)21(20-9-5-6-10-22(20)34)13-23(35)31-15-19-14-30-16-32-19/h2-10,13-14,16H,11-12,15H2,1H3,(H,30,32)(H,31,35). The summed E-state index contributed by atoms with van der Waals surface area (Å²) in [4.78, 5) is 39.4. The van der Waals surface area contributed by atoms with Crippen LogP contribution in [-0.4, -0.2) is 39.2 Å². The van der Waals surface area contributed by atoms with Crippen molar-refractivity contribution < 1.29 is 18.4 Å². The van der Waals surface area contributed by atoms with Gasteiger partial charge in [-0.05, 0) is 13.0 Å². The van der Waals surface area contributed by atoms with E-state index < -0.39 is 29.7 Å². The third-order valence-corrected chi connectivity index (χ3v) is 7.25. The number of carbonyl (C=O) groups excluding carboxylic acids is 2. The fourth-order valence-corrected chi connectivity index (χ4v) is 5.23. The number of thiazole rings is 1. The van der Waals surface area contributed by atoms with Gasteiger partial charge in [-0.2, -0.15) is 0 Å². The summed E-state index contributed by atoms with van der Waals surface area (Å²) in [6.45, 7) is 1.62. The average Bonchev–Trinajstić information content (AvgIpc) is 3.54. The number of aryl methyl sites for hydroxylation is 1. The van der Waals surface area contributed by atoms with E-state index in [1.807, 2.05) is 30.3 Å². The number of fused-ring (bicyclic) bond motifs is 1. The number of nitrogens with zero attached hydrogens (tertiary/aromatic N) is 3. The fourth-order valence-electron chi connectivity index (χ4n) is 4.20. The summed E-state index contributed by atoms with van der Waals surface area (Å²) in [5, 5.41) is 3.27. The zero-order valence-electron chi connectivity index (χ0n) is 19.9. The summed E-state index contributed by atoms with van der Waals surface area (Å²) in [5.41, 5.74) is 2.03. The van der Waals surface area contributed by atoms with Gasteiger partial charge in [-0.3, -0.25) is 9.59 Å². The Morgan fingerprint density at radius 2 is 1.92 bits per heavy atom. The Morgan fingerprint density at radius 3 is 2.68 bits per heavy atom. The second kappa shape index (κ2) is 10.1. The van der Waals surface area contributed by atoms with E-state index in [2.05, 4.69) is 20.3 Å². The van der Waals surface area contributed by atoms with Crippen molar-refractivity contribution in [3.63, 3.8) is 0 Å². The number of halogens is 2. The molecule has 0 bridgehead atoms. The minimum atomic E-state index is -3.33. The van der Waals surface area contributed by atoms with Crippen molar-refractivity contribution in [3.05, 3.63) is 95.0 Å². The van der Waals surface area contributed by atoms with Crippen LogP contribution in [-0.2, 0) is 11.3 Å². The highest BCUT2D eigenvalue weighted by atomic mass is 32.1. The minimum Gasteiger partial charge on any atom is -0.351 e. The number of aromatic amines is 1. The van der Waals surface area contributed by atoms with Gasteiger partial charge in [0, 0.05) is 41.9 Å². The highest BCUT2D eigenvalue weighted by molar-refractivity contribution is 7.17. The normalized spacial score (nSPS) is 15.8. The molecule has 1 aliphatic heterocycles. The van der Waals surface area contributed by atoms with Crippen LogP contribution in [0, 0.1) is 6.92 Å². The van der Waals surface area contributed by atoms with Crippen LogP contribution in [0.15, 0.2) is 73.2 Å². The topological polar surface area (TPSA) is 91.0 Å². The predicted molar refractivity (Wildman–Crippen MR) is 138 cm³/mol. The number of allylic oxidation sites excluding steroid dienone is 1. The van der Waals surface area contributed by atoms with Gasteiger partial charge >= 0.3 is 0 Å². The van der Waals surface area contributed by atoms with Crippen molar-refractivity contribution in [2.45, 2.75) is 25.8 Å². The van der Waals surface area contributed by atoms with Gasteiger partial charge in [0.15, 0.2) is 0 Å². The van der Waals surface area contributed by atoms with E-state index >= 15 is 8.78 Å². The third kappa shape index (κ3) is 5.05. The van der Waals surface area contributed by atoms with Crippen LogP contribution in [0.4, 0.5) is 14.5 Å². The number of rotatable bonds is 5. The van der Waals surface area contributed by atoms with Crippen molar-refractivity contribution in [3.8, 4) is 10.6 Å². The van der Waals surface area contributed by atoms with Gasteiger partial charge in [-0.1, -0.05) is 48.5 Å². The smallest absolute Gasteiger partial charge is 0.275 e. The Bertz CT molecular complexity index is 1470. The van der Waals surface area contributed by atoms with Crippen LogP contribution in [0.25, 0.3) is 16.1 Å². The molecule has 2 N–H and O–H groups in total. The Morgan fingerprint density at radius 1 is 1.16 bits per heavy atom. The summed E-state index contributed by atoms with van der Waals surface area (Å²) in [7, 11) is 0. The van der Waals surface area contributed by atoms with Crippen LogP contribution in [0.5, 0.6) is 0 Å². The molecule has 3 heterocycles. The largest absolute Gasteiger partial charge is 0.351 e. The summed E-state index contributed by atoms with van der Waals surface area (Å²) in [6, 6.07) is 15.9. The van der Waals surface area contributed by atoms with Crippen LogP contribution in [0.2, 0.25) is 0 Å². The van der Waals surface area contributed by atoms with Crippen molar-refractivity contribution in [2.24, 2.45) is 0 Å². The van der Waals surface area contributed by atoms with Gasteiger partial charge in [0.1, 0.15) is 9.88 Å². The molecule has 0 saturated carbocycles. The fraction of sp³-hybridized carbons (Fsp3) is 0.185. The lowest BCUT2D eigenvalue weighted by molar-refractivity contribution is -0.116. The second-order valence-corrected chi connectivity index (χ2v) is 9.56. The molecule has 37 heavy (non-hydrogen) atoms. The molecule has 2 aromatic heterocycles. The molecule has 2 amide bonds. The van der Waals surface area contributed by atoms with Crippen molar-refractivity contribution >= 4 is 34.4 Å². The van der Waals surface area contributed by atoms with E-state index in [1.165, 1.54) is 28.6 Å². The lowest BCUT2D eigenvalue weighted by atomic mass is 9.97. The molecule has 10 heteroatoms. The monoisotopic (exact) mass is 519 g/mol. The highest BCUT2D eigenvalue weighted by Crippen LogP contribution is 2.43. The number of carbonyl (C=O) groups is 2. The van der Waals surface area contributed by atoms with E-state index in [-0.39, 0.29) is 18.7 Å². The Kier molecular flexibility index (Phi) is 6.66. The molecular formula is C27H23F2N5O2S. The van der Waals surface area contributed by atoms with Crippen LogP contribution in [0.3, 0.4) is 0 Å². The number of imidazole rings is 1. The maximum absolute atomic E-state index is 15.4. The number of aromatic nitrogens is 3. The molecule has 1 aliphatic rings. The third-order valence-electron chi connectivity index (χ3n) is 6.06. The van der Waals surface area contributed by atoms with E-state index in [4.69, 9.17) is 0 Å². The molecule has 5 rings (SSSR count). The Hall–Kier alpha value is -4.18. The van der Waals surface area contributed by atoms with Gasteiger partial charge in [-0.25, -0.2) is 18.7 Å². The molecule has 0 radical (unpaired) electrons. The van der Waals surface area contributed by atoms with Gasteiger partial charge in [-0.15, -0.1) is 11.3 Å². The summed E-state index contributed by atoms with van der Waals surface area (Å²) in [5.74, 6) is -4.39. The molecule has 0 spiro atoms. The maximum Gasteiger partial charge on any atom is 0.275 e. The SMILES string of the molecule is Cc1nc(-c2ccccc2)sc1C(=O)N1CCC(F)(F)C(=CC(=O)NCc2c[nH]cn2)c2ccccc21. The molecule has 0 atom stereocenters. The van der Waals surface area contributed by atoms with Crippen molar-refractivity contribution in [2.75, 3.05) is 11.4 Å². The Balaban J connectivity index is 1.48. The molecule has 0 saturated heterocycles. The van der Waals surface area contributed by atoms with Crippen molar-refractivity contribution in [1.82, 2.24) is 20.3 Å². The molecule has 0 unspecified atom stereocenters. The molecular weight excluding hydrogens is 496 g/mol. The quantitative estimate of drug-likeness (QED) is 0.354. The molecule has 188 valence electrons. The molecule has 0 aliphatic carbocycles. The summed E-state index contributed by atoms with van der Waals surface area (Å²) in [6.07, 6.45) is 3.37. The first-order valence-corrected chi connectivity index (χ1v) is 12.4. The Labute approximate surface area is 215 Å². The van der Waals surface area contributed by atoms with Gasteiger partial charge in [0.05, 0.1) is 29.9 Å². The first-order chi connectivity index (χ1) is 17.8. The number of alkyl halides is 2. The van der Waals surface area contributed by atoms with E-state index in [1.54, 1.807) is 31.3 Å². The first kappa shape index (κ1) is 24.5. The summed E-state index contributed by atoms with van der Waals surface area (Å²) < 4.78 is 30.8. The van der Waals surface area contributed by atoms with Gasteiger partial charge in [0.25, 0.3) is 11.8 Å². The van der Waals surface area contributed by atoms with Crippen LogP contribution in [0.1, 0.15) is 33.0 Å². The number of anilines is 1. The number of amides is 2. The number of nitrogens with one attached hydrogen (secondary N) is 2. The second-order valence-electron chi connectivity index (χ2n) is 8.56. The number of H-pyrrole nitrogens is 1. The van der Waals surface area contributed by atoms with Crippen molar-refractivity contribution in [1.29, 1.82) is 0 Å². The number of hydrogen-bond acceptors (Lipinski definition) is 5. The number of para-hydroxylation sites is 1. The van der Waals surface area contributed by atoms with Crippen LogP contribution >= 0.6 is 11.3 Å². The predicted octanol–water partition coefficient (Wildman–Crippen LogP) is 5.23. The van der Waals surface area contributed by atoms with Crippen LogP contribution < -0.4 is 10.2 Å². The van der Waals surface area contributed by atoms with Gasteiger partial charge in [0.2, 0.25) is 5.91 Å². The zero-order valence-corrected chi connectivity index (χ0v) is 20.7. The average molecular weight is 520 g/mol. The summed E-state index contributed by atoms with van der Waals surface area (Å²) >= 11 is 1.24. The van der Waals surface area contributed by atoms with E-state index in [0.717, 1.165) is 11.6 Å². The molecule has 4 aromatic rings. The maximum atomic E-state index is 15.4. The zero-order chi connectivity index (χ0) is 26.0. The van der Waals surface area contributed by atoms with E-state index in [0.29, 0.717) is 27.0 Å². The molecule has 0 fully saturated rings. The number of benzene rings is 2. The molecule has 2 aromatic carbocycles. The lowest BCUT2D eigenvalue weighted by Crippen LogP contribution is -2.33. The number of hydrogen-bond donors (Lipinski definition) is 2. The first-order valence-electron chi connectivity index (χ1n) is 11.6. The lowest BCUT2D eigenvalue weighted by Gasteiger charge is -2.22. The van der Waals surface area contributed by atoms with E-state index in [9.17, 15) is 9.59 Å². The highest BCUT2D eigenvalue weighted by Gasteiger charge is 2.41.